The van der Waals surface area contributed by atoms with Crippen molar-refractivity contribution in [3.05, 3.63) is 125 Å². The quantitative estimate of drug-likeness (QED) is 0.0243. The summed E-state index contributed by atoms with van der Waals surface area (Å²) < 4.78 is 28.4. The van der Waals surface area contributed by atoms with E-state index in [0.29, 0.717) is 43.5 Å². The van der Waals surface area contributed by atoms with Crippen LogP contribution in [0.4, 0.5) is 20.1 Å². The highest BCUT2D eigenvalue weighted by Crippen LogP contribution is 2.32. The maximum absolute atomic E-state index is 15.3. The predicted octanol–water partition coefficient (Wildman–Crippen LogP) is -2.22. The molecule has 1 fully saturated rings. The Bertz CT molecular complexity index is 4830. The zero-order valence-electron chi connectivity index (χ0n) is 69.2. The van der Waals surface area contributed by atoms with Crippen LogP contribution in [0.15, 0.2) is 96.0 Å². The van der Waals surface area contributed by atoms with Gasteiger partial charge >= 0.3 is 18.2 Å². The maximum atomic E-state index is 15.3. The van der Waals surface area contributed by atoms with Crippen molar-refractivity contribution in [2.24, 2.45) is 29.2 Å². The smallest absolute Gasteiger partial charge is 0.415 e. The number of likely N-dealkylation sites (N-methyl/N-ethyl adjacent to an activating group) is 2. The van der Waals surface area contributed by atoms with E-state index in [-0.39, 0.29) is 78.7 Å². The molecule has 4 aliphatic rings. The van der Waals surface area contributed by atoms with Gasteiger partial charge in [-0.25, -0.2) is 19.1 Å². The molecule has 19 N–H and O–H groups in total. The Morgan fingerprint density at radius 2 is 1.41 bits per heavy atom. The van der Waals surface area contributed by atoms with Gasteiger partial charge in [0.1, 0.15) is 65.7 Å². The number of aliphatic hydroxyl groups is 3. The number of aromatic nitrogens is 4. The van der Waals surface area contributed by atoms with Gasteiger partial charge in [0.2, 0.25) is 70.9 Å². The summed E-state index contributed by atoms with van der Waals surface area (Å²) in [5, 5.41) is 68.8. The summed E-state index contributed by atoms with van der Waals surface area (Å²) in [6, 6.07) is 12.7. The van der Waals surface area contributed by atoms with E-state index in [9.17, 15) is 87.2 Å². The molecule has 1 saturated heterocycles. The molecule has 42 heteroatoms. The molecule has 0 saturated carbocycles. The normalized spacial score (nSPS) is 20.9. The van der Waals surface area contributed by atoms with E-state index in [4.69, 9.17) is 20.9 Å². The lowest BCUT2D eigenvalue weighted by atomic mass is 9.93. The second kappa shape index (κ2) is 44.2. The predicted molar refractivity (Wildman–Crippen MR) is 442 cm³/mol. The van der Waals surface area contributed by atoms with Crippen LogP contribution in [-0.2, 0) is 105 Å². The number of carbonyl (C=O) groups excluding carboxylic acids is 15. The molecule has 123 heavy (non-hydrogen) atoms. The first-order valence-corrected chi connectivity index (χ1v) is 41.7. The maximum Gasteiger partial charge on any atom is 0.415 e. The molecule has 3 aliphatic heterocycles. The average Bonchev–Trinajstić information content (AvgIpc) is 1.62. The number of nitrogens with two attached hydrogens (primary N) is 2. The van der Waals surface area contributed by atoms with Crippen molar-refractivity contribution in [3.8, 4) is 5.75 Å². The lowest BCUT2D eigenvalue weighted by molar-refractivity contribution is -0.144. The number of primary amides is 2. The minimum Gasteiger partial charge on any atom is -0.445 e. The van der Waals surface area contributed by atoms with Gasteiger partial charge in [-0.1, -0.05) is 107 Å². The SMILES string of the molecule is CC[C@H](C)[C@@H]1NC(=O)CNC(=O)[C@H]2Cc3c([nH]c4cc(OC(=O)N(C)CCN(C)C(=O)OCc5ccc(NC(=O)[C@H](CCCNC(N)=O)NC(=O)[C@@H](NC(=O)CCCn6nnc7c6Cc6ccccccc(cc6)C7)C(C)C)cc5)ccc34)S(=O)C[C@H](NC(=O)CNC1=O)C(=O)N[C@@H](CC(N)=O)C(=O)N1C[C@H](O)C[C@H]1C(=O)N[C@@H]([C@@H](C)[C@@H](O)CO)C(=O)N2. The first-order valence-electron chi connectivity index (χ1n) is 40.4. The van der Waals surface area contributed by atoms with Crippen LogP contribution in [0.2, 0.25) is 0 Å². The van der Waals surface area contributed by atoms with Crippen LogP contribution in [-0.4, -0.2) is 270 Å². The van der Waals surface area contributed by atoms with Gasteiger partial charge < -0.3 is 114 Å². The Labute approximate surface area is 710 Å². The van der Waals surface area contributed by atoms with Gasteiger partial charge in [-0.15, -0.1) is 5.10 Å². The standard InChI is InChI=1S/C81H108N20O21S/c1-8-44(4)68-74(113)86-37-65(107)88-59-42-123(120)77-53(35-57(70(109)85-38-66(108)94-68)90-76(115)69(45(5)62(104)40-102)95-73(112)61-33-50(103)39-100(61)78(116)58(36-63(82)105)91-72(59)111)52-26-25-51(34-55(52)92-77)122-81(119)99(7)30-29-98(6)80(118)121-41-48-21-23-49(24-22-48)87-71(110)54(17-13-27-84-79(83)117)89-75(114)67(43(2)3)93-64(106)18-14-28-101-60-32-47-16-12-10-9-11-15-46(19-20-47)31-56(60)96-97-101/h9-12,15-16,19-26,34,43-45,50,54,57-59,61-62,67-69,92,102-104H,8,13-14,17-18,27-33,35-42H2,1-7H3,(H2,82,105)(H,85,109)(H,86,113)(H,87,110)(H,88,107)(H,89,114)(H,90,115)(H,91,111)(H,93,106)(H,94,108)(H,95,112)(H3,83,84,117)/t44-,45-,50+,54-,57+,58-,59-,61-,62-,67-,68-,69-,123?/m0/s1. The molecular formula is C81H108N20O21S. The Hall–Kier alpha value is -12.7. The van der Waals surface area contributed by atoms with Gasteiger partial charge in [0.25, 0.3) is 0 Å². The molecule has 664 valence electrons. The van der Waals surface area contributed by atoms with Crippen molar-refractivity contribution < 1.29 is 101 Å². The van der Waals surface area contributed by atoms with Crippen LogP contribution in [0.3, 0.4) is 0 Å². The number of nitrogens with one attached hydrogen (secondary N) is 12. The molecule has 13 atom stereocenters. The van der Waals surface area contributed by atoms with Crippen LogP contribution in [0.25, 0.3) is 10.9 Å². The van der Waals surface area contributed by atoms with E-state index in [1.807, 2.05) is 41.1 Å². The van der Waals surface area contributed by atoms with Gasteiger partial charge in [-0.2, -0.15) is 0 Å². The first-order chi connectivity index (χ1) is 58.6. The van der Waals surface area contributed by atoms with Gasteiger partial charge in [-0.3, -0.25) is 61.7 Å². The van der Waals surface area contributed by atoms with E-state index in [2.05, 4.69) is 85.9 Å². The van der Waals surface area contributed by atoms with Crippen LogP contribution in [0.1, 0.15) is 113 Å². The minimum atomic E-state index is -2.57. The summed E-state index contributed by atoms with van der Waals surface area (Å²) in [6.07, 6.45) is -4.77. The van der Waals surface area contributed by atoms with Crippen molar-refractivity contribution in [1.29, 1.82) is 0 Å². The Morgan fingerprint density at radius 1 is 0.732 bits per heavy atom. The van der Waals surface area contributed by atoms with Crippen LogP contribution >= 0.6 is 0 Å². The summed E-state index contributed by atoms with van der Waals surface area (Å²) in [4.78, 5) is 214. The zero-order chi connectivity index (χ0) is 89.5. The van der Waals surface area contributed by atoms with E-state index in [1.165, 1.54) is 44.1 Å². The number of fused-ring (bicyclic) bond motifs is 9. The zero-order valence-corrected chi connectivity index (χ0v) is 70.1. The van der Waals surface area contributed by atoms with E-state index < -0.39 is 224 Å². The number of H-pyrrole nitrogens is 1. The van der Waals surface area contributed by atoms with Gasteiger partial charge in [-0.05, 0) is 77.6 Å². The largest absolute Gasteiger partial charge is 0.445 e. The van der Waals surface area contributed by atoms with Gasteiger partial charge in [0, 0.05) is 102 Å². The molecule has 4 bridgehead atoms. The number of hydrogen-bond donors (Lipinski definition) is 17. The summed E-state index contributed by atoms with van der Waals surface area (Å²) in [6.45, 7) is 4.87. The second-order valence-corrected chi connectivity index (χ2v) is 32.5. The number of rotatable bonds is 27. The first kappa shape index (κ1) is 94.2. The highest BCUT2D eigenvalue weighted by molar-refractivity contribution is 7.85. The third-order valence-electron chi connectivity index (χ3n) is 21.5. The number of amides is 16. The topological polar surface area (TPSA) is 593 Å². The number of carbonyl (C=O) groups is 15. The molecule has 1 aliphatic carbocycles. The van der Waals surface area contributed by atoms with Gasteiger partial charge in [0.05, 0.1) is 71.8 Å². The lowest BCUT2D eigenvalue weighted by Crippen LogP contribution is -2.62. The van der Waals surface area contributed by atoms with Crippen molar-refractivity contribution in [1.82, 2.24) is 87.8 Å². The van der Waals surface area contributed by atoms with E-state index >= 15 is 4.21 Å². The molecule has 16 amide bonds. The third kappa shape index (κ3) is 26.4. The molecular weight excluding hydrogens is 1620 g/mol. The molecule has 2 aromatic heterocycles. The fourth-order valence-corrected chi connectivity index (χ4v) is 15.5. The number of anilines is 1. The number of aryl methyl sites for hydroxylation is 1. The fraction of sp³-hybridized carbons (Fsp3) is 0.494. The van der Waals surface area contributed by atoms with Crippen LogP contribution in [0, 0.1) is 17.8 Å². The van der Waals surface area contributed by atoms with Crippen molar-refractivity contribution in [2.45, 2.75) is 178 Å². The van der Waals surface area contributed by atoms with E-state index in [0.717, 1.165) is 32.3 Å². The number of nitrogens with zero attached hydrogens (tertiary/aromatic N) is 6. The molecule has 5 aromatic rings. The Balaban J connectivity index is 0.864. The molecule has 0 radical (unpaired) electrons. The minimum absolute atomic E-state index is 0.0388. The highest BCUT2D eigenvalue weighted by atomic mass is 32.2. The number of urea groups is 1. The molecule has 0 spiro atoms. The Morgan fingerprint density at radius 3 is 2.07 bits per heavy atom. The Kier molecular flexibility index (Phi) is 33.8. The number of aromatic amines is 1. The van der Waals surface area contributed by atoms with E-state index in [1.54, 1.807) is 52.0 Å². The van der Waals surface area contributed by atoms with Crippen LogP contribution in [0.5, 0.6) is 5.75 Å². The average molecular weight is 1730 g/mol. The number of ether oxygens (including phenoxy) is 2. The lowest BCUT2D eigenvalue weighted by Gasteiger charge is -2.32. The van der Waals surface area contributed by atoms with Crippen molar-refractivity contribution in [3.63, 3.8) is 0 Å². The van der Waals surface area contributed by atoms with Crippen molar-refractivity contribution in [2.75, 3.05) is 71.0 Å². The summed E-state index contributed by atoms with van der Waals surface area (Å²) >= 11 is 0. The third-order valence-corrected chi connectivity index (χ3v) is 22.9. The summed E-state index contributed by atoms with van der Waals surface area (Å²) in [5.41, 5.74) is 15.6. The summed E-state index contributed by atoms with van der Waals surface area (Å²) in [5.74, 6) is -14.9. The molecule has 3 aromatic carbocycles. The molecule has 5 heterocycles. The summed E-state index contributed by atoms with van der Waals surface area (Å²) in [7, 11) is 0.212. The highest BCUT2D eigenvalue weighted by Gasteiger charge is 2.46. The molecule has 41 nitrogen and oxygen atoms in total. The fourth-order valence-electron chi connectivity index (χ4n) is 14.1. The molecule has 1 unspecified atom stereocenters. The molecule has 9 rings (SSSR count). The second-order valence-electron chi connectivity index (χ2n) is 31.1. The number of hydrogen-bond acceptors (Lipinski definition) is 23. The van der Waals surface area contributed by atoms with Gasteiger partial charge in [0.15, 0.2) is 0 Å². The number of benzene rings is 2. The number of aliphatic hydroxyl groups excluding tert-OH is 3. The van der Waals surface area contributed by atoms with Crippen LogP contribution < -0.4 is 74.7 Å². The monoisotopic (exact) mass is 1730 g/mol. The van der Waals surface area contributed by atoms with Crippen molar-refractivity contribution >= 4 is 116 Å².